The molecule has 1 heterocycles. The van der Waals surface area contributed by atoms with Gasteiger partial charge in [0.2, 0.25) is 0 Å². The van der Waals surface area contributed by atoms with Gasteiger partial charge in [-0.1, -0.05) is 42.5 Å². The van der Waals surface area contributed by atoms with E-state index in [2.05, 4.69) is 59.4 Å². The van der Waals surface area contributed by atoms with Crippen molar-refractivity contribution in [2.45, 2.75) is 19.1 Å². The minimum Gasteiger partial charge on any atom is -0.389 e. The van der Waals surface area contributed by atoms with Crippen LogP contribution in [0, 0.1) is 6.92 Å². The lowest BCUT2D eigenvalue weighted by Gasteiger charge is -2.26. The molecule has 2 atom stereocenters. The van der Waals surface area contributed by atoms with E-state index in [4.69, 9.17) is 0 Å². The van der Waals surface area contributed by atoms with Crippen LogP contribution in [0.2, 0.25) is 0 Å². The number of hydrogen-bond acceptors (Lipinski definition) is 2. The molecule has 0 amide bonds. The number of likely N-dealkylation sites (N-methyl/N-ethyl adjacent to an activating group) is 1. The Bertz CT molecular complexity index is 754. The zero-order chi connectivity index (χ0) is 15.5. The van der Waals surface area contributed by atoms with Gasteiger partial charge in [0.15, 0.2) is 0 Å². The van der Waals surface area contributed by atoms with Gasteiger partial charge in [0.1, 0.15) is 0 Å². The molecule has 3 rings (SSSR count). The molecule has 0 aliphatic rings. The van der Waals surface area contributed by atoms with Crippen molar-refractivity contribution in [3.8, 4) is 0 Å². The van der Waals surface area contributed by atoms with Gasteiger partial charge in [0.05, 0.1) is 12.1 Å². The fraction of sp³-hybridized carbons (Fsp3) is 0.263. The lowest BCUT2D eigenvalue weighted by molar-refractivity contribution is 0.132. The van der Waals surface area contributed by atoms with Gasteiger partial charge in [-0.15, -0.1) is 12.4 Å². The maximum atomic E-state index is 10.7. The number of nitrogens with zero attached hydrogens (tertiary/aromatic N) is 1. The number of fused-ring (bicyclic) bond motifs is 1. The number of hydrogen-bond donors (Lipinski definition) is 2. The summed E-state index contributed by atoms with van der Waals surface area (Å²) in [5, 5.41) is 15.0. The smallest absolute Gasteiger partial charge is 0.0912 e. The lowest BCUT2D eigenvalue weighted by Crippen LogP contribution is -2.33. The van der Waals surface area contributed by atoms with Gasteiger partial charge in [-0.25, -0.2) is 0 Å². The van der Waals surface area contributed by atoms with Crippen LogP contribution in [-0.2, 0) is 0 Å². The van der Waals surface area contributed by atoms with Gasteiger partial charge in [0.25, 0.3) is 0 Å². The van der Waals surface area contributed by atoms with Crippen LogP contribution in [0.1, 0.15) is 17.2 Å². The average Bonchev–Trinajstić information content (AvgIpc) is 2.92. The molecule has 0 aliphatic heterocycles. The molecule has 2 aromatic carbocycles. The Morgan fingerprint density at radius 1 is 1.09 bits per heavy atom. The second-order valence-electron chi connectivity index (χ2n) is 5.77. The van der Waals surface area contributed by atoms with Gasteiger partial charge in [-0.2, -0.15) is 0 Å². The molecule has 0 saturated carbocycles. The van der Waals surface area contributed by atoms with E-state index >= 15 is 0 Å². The van der Waals surface area contributed by atoms with Gasteiger partial charge in [-0.05, 0) is 42.6 Å². The predicted octanol–water partition coefficient (Wildman–Crippen LogP) is 3.54. The molecule has 0 bridgehead atoms. The summed E-state index contributed by atoms with van der Waals surface area (Å²) in [4.78, 5) is 0. The van der Waals surface area contributed by atoms with Crippen LogP contribution in [0.3, 0.4) is 0 Å². The van der Waals surface area contributed by atoms with Gasteiger partial charge >= 0.3 is 0 Å². The highest BCUT2D eigenvalue weighted by Crippen LogP contribution is 2.28. The van der Waals surface area contributed by atoms with E-state index in [9.17, 15) is 5.11 Å². The van der Waals surface area contributed by atoms with Crippen LogP contribution in [0.5, 0.6) is 0 Å². The van der Waals surface area contributed by atoms with Crippen LogP contribution in [0.25, 0.3) is 10.9 Å². The van der Waals surface area contributed by atoms with Crippen molar-refractivity contribution in [2.75, 3.05) is 13.6 Å². The van der Waals surface area contributed by atoms with E-state index in [1.165, 1.54) is 10.9 Å². The highest BCUT2D eigenvalue weighted by Gasteiger charge is 2.23. The summed E-state index contributed by atoms with van der Waals surface area (Å²) in [5.74, 6) is 0. The topological polar surface area (TPSA) is 37.2 Å². The molecule has 2 N–H and O–H groups in total. The van der Waals surface area contributed by atoms with Crippen LogP contribution < -0.4 is 5.32 Å². The summed E-state index contributed by atoms with van der Waals surface area (Å²) in [7, 11) is 1.86. The Labute approximate surface area is 143 Å². The molecule has 122 valence electrons. The monoisotopic (exact) mass is 330 g/mol. The summed E-state index contributed by atoms with van der Waals surface area (Å²) in [5.41, 5.74) is 3.50. The van der Waals surface area contributed by atoms with E-state index in [0.717, 1.165) is 11.1 Å². The first-order chi connectivity index (χ1) is 10.7. The zero-order valence-electron chi connectivity index (χ0n) is 13.4. The Morgan fingerprint density at radius 3 is 2.52 bits per heavy atom. The summed E-state index contributed by atoms with van der Waals surface area (Å²) in [6.07, 6.45) is 1.57. The Hall–Kier alpha value is -1.81. The largest absolute Gasteiger partial charge is 0.389 e. The standard InChI is InChI=1S/C19H22N2O.ClH/c1-14-8-9-15-10-11-21(17(15)12-14)19(18(22)13-20-2)16-6-4-3-5-7-16;/h3-12,18-20,22H,13H2,1-2H3;1H/t18-,19+;/m1./s1. The first-order valence-electron chi connectivity index (χ1n) is 7.65. The highest BCUT2D eigenvalue weighted by molar-refractivity contribution is 5.85. The molecule has 3 nitrogen and oxygen atoms in total. The van der Waals surface area contributed by atoms with E-state index in [1.807, 2.05) is 25.2 Å². The summed E-state index contributed by atoms with van der Waals surface area (Å²) < 4.78 is 2.18. The Morgan fingerprint density at radius 2 is 1.83 bits per heavy atom. The van der Waals surface area contributed by atoms with Crippen LogP contribution in [0.15, 0.2) is 60.8 Å². The average molecular weight is 331 g/mol. The molecule has 4 heteroatoms. The molecule has 3 aromatic rings. The second kappa shape index (κ2) is 7.64. The van der Waals surface area contributed by atoms with Crippen LogP contribution in [0.4, 0.5) is 0 Å². The van der Waals surface area contributed by atoms with Crippen molar-refractivity contribution in [1.29, 1.82) is 0 Å². The number of nitrogens with one attached hydrogen (secondary N) is 1. The summed E-state index contributed by atoms with van der Waals surface area (Å²) in [6.45, 7) is 2.64. The Kier molecular flexibility index (Phi) is 5.83. The van der Waals surface area contributed by atoms with Gasteiger partial charge < -0.3 is 15.0 Å². The maximum absolute atomic E-state index is 10.7. The molecule has 0 aliphatic carbocycles. The van der Waals surface area contributed by atoms with Crippen molar-refractivity contribution >= 4 is 23.3 Å². The number of aromatic nitrogens is 1. The van der Waals surface area contributed by atoms with E-state index < -0.39 is 6.10 Å². The van der Waals surface area contributed by atoms with E-state index in [1.54, 1.807) is 0 Å². The first-order valence-corrected chi connectivity index (χ1v) is 7.65. The molecular formula is C19H23ClN2O. The molecule has 0 saturated heterocycles. The van der Waals surface area contributed by atoms with Crippen molar-refractivity contribution in [3.05, 3.63) is 71.9 Å². The number of benzene rings is 2. The fourth-order valence-electron chi connectivity index (χ4n) is 3.04. The van der Waals surface area contributed by atoms with Crippen molar-refractivity contribution in [1.82, 2.24) is 9.88 Å². The number of aliphatic hydroxyl groups is 1. The summed E-state index contributed by atoms with van der Waals surface area (Å²) >= 11 is 0. The third kappa shape index (κ3) is 3.58. The number of halogens is 1. The molecule has 0 fully saturated rings. The minimum absolute atomic E-state index is 0. The maximum Gasteiger partial charge on any atom is 0.0912 e. The van der Waals surface area contributed by atoms with Gasteiger partial charge in [0, 0.05) is 18.3 Å². The second-order valence-corrected chi connectivity index (χ2v) is 5.77. The molecular weight excluding hydrogens is 308 g/mol. The molecule has 0 spiro atoms. The zero-order valence-corrected chi connectivity index (χ0v) is 14.3. The lowest BCUT2D eigenvalue weighted by atomic mass is 10.0. The van der Waals surface area contributed by atoms with Gasteiger partial charge in [-0.3, -0.25) is 0 Å². The third-order valence-electron chi connectivity index (χ3n) is 4.10. The first kappa shape index (κ1) is 17.5. The van der Waals surface area contributed by atoms with E-state index in [0.29, 0.717) is 6.54 Å². The Balaban J connectivity index is 0.00000192. The van der Waals surface area contributed by atoms with Crippen LogP contribution >= 0.6 is 12.4 Å². The number of rotatable bonds is 5. The van der Waals surface area contributed by atoms with Crippen LogP contribution in [-0.4, -0.2) is 29.4 Å². The quantitative estimate of drug-likeness (QED) is 0.750. The normalized spacial score (nSPS) is 13.5. The molecule has 1 aromatic heterocycles. The van der Waals surface area contributed by atoms with Crippen molar-refractivity contribution < 1.29 is 5.11 Å². The summed E-state index contributed by atoms with van der Waals surface area (Å²) in [6, 6.07) is 18.6. The minimum atomic E-state index is -0.497. The molecule has 0 radical (unpaired) electrons. The van der Waals surface area contributed by atoms with Crippen molar-refractivity contribution in [2.24, 2.45) is 0 Å². The van der Waals surface area contributed by atoms with E-state index in [-0.39, 0.29) is 18.4 Å². The SMILES string of the molecule is CNC[C@@H](O)[C@H](c1ccccc1)n1ccc2ccc(C)cc21.Cl. The fourth-order valence-corrected chi connectivity index (χ4v) is 3.04. The van der Waals surface area contributed by atoms with Crippen molar-refractivity contribution in [3.63, 3.8) is 0 Å². The number of aryl methyl sites for hydroxylation is 1. The molecule has 23 heavy (non-hydrogen) atoms. The third-order valence-corrected chi connectivity index (χ3v) is 4.10. The predicted molar refractivity (Wildman–Crippen MR) is 98.4 cm³/mol. The molecule has 0 unspecified atom stereocenters. The highest BCUT2D eigenvalue weighted by atomic mass is 35.5. The number of aliphatic hydroxyl groups excluding tert-OH is 1.